The van der Waals surface area contributed by atoms with Gasteiger partial charge in [0, 0.05) is 6.42 Å². The minimum absolute atomic E-state index is 0.169. The normalized spacial score (nSPS) is 10.4. The van der Waals surface area contributed by atoms with Crippen LogP contribution in [0.1, 0.15) is 33.1 Å². The Labute approximate surface area is 67.8 Å². The lowest BCUT2D eigenvalue weighted by molar-refractivity contribution is -0.116. The van der Waals surface area contributed by atoms with Crippen molar-refractivity contribution in [1.29, 1.82) is 0 Å². The van der Waals surface area contributed by atoms with E-state index in [4.69, 9.17) is 11.6 Å². The predicted molar refractivity (Wildman–Crippen MR) is 44.4 cm³/mol. The molecule has 0 bridgehead atoms. The Hall–Kier alpha value is -0.0400. The molecule has 2 heteroatoms. The van der Waals surface area contributed by atoms with Gasteiger partial charge in [0.05, 0.1) is 5.88 Å². The van der Waals surface area contributed by atoms with E-state index in [9.17, 15) is 4.79 Å². The second-order valence-electron chi connectivity index (χ2n) is 2.96. The molecule has 0 aromatic rings. The van der Waals surface area contributed by atoms with Crippen molar-refractivity contribution >= 4 is 17.4 Å². The lowest BCUT2D eigenvalue weighted by Gasteiger charge is -2.01. The van der Waals surface area contributed by atoms with Crippen molar-refractivity contribution in [3.8, 4) is 0 Å². The maximum atomic E-state index is 10.7. The monoisotopic (exact) mass is 162 g/mol. The molecule has 0 rings (SSSR count). The van der Waals surface area contributed by atoms with Crippen LogP contribution in [0.5, 0.6) is 0 Å². The summed E-state index contributed by atoms with van der Waals surface area (Å²) in [5.41, 5.74) is 0. The van der Waals surface area contributed by atoms with Gasteiger partial charge in [0.25, 0.3) is 0 Å². The zero-order valence-corrected chi connectivity index (χ0v) is 7.45. The Balaban J connectivity index is 3.12. The number of ketones is 1. The van der Waals surface area contributed by atoms with Crippen molar-refractivity contribution in [3.63, 3.8) is 0 Å². The topological polar surface area (TPSA) is 17.1 Å². The van der Waals surface area contributed by atoms with Crippen molar-refractivity contribution in [1.82, 2.24) is 0 Å². The molecule has 0 fully saturated rings. The van der Waals surface area contributed by atoms with Crippen molar-refractivity contribution in [3.05, 3.63) is 0 Å². The van der Waals surface area contributed by atoms with Gasteiger partial charge in [-0.05, 0) is 12.3 Å². The summed E-state index contributed by atoms with van der Waals surface area (Å²) in [5, 5.41) is 0. The summed E-state index contributed by atoms with van der Waals surface area (Å²) in [5.74, 6) is 1.04. The third-order valence-electron chi connectivity index (χ3n) is 1.39. The number of hydrogen-bond donors (Lipinski definition) is 0. The second kappa shape index (κ2) is 5.72. The van der Waals surface area contributed by atoms with E-state index in [1.54, 1.807) is 0 Å². The minimum atomic E-state index is 0.169. The molecule has 0 aliphatic carbocycles. The molecule has 10 heavy (non-hydrogen) atoms. The molecule has 0 aromatic carbocycles. The van der Waals surface area contributed by atoms with Gasteiger partial charge in [0.15, 0.2) is 0 Å². The maximum Gasteiger partial charge on any atom is 0.147 e. The van der Waals surface area contributed by atoms with Crippen LogP contribution in [-0.2, 0) is 4.79 Å². The van der Waals surface area contributed by atoms with Crippen molar-refractivity contribution in [2.45, 2.75) is 33.1 Å². The number of alkyl halides is 1. The van der Waals surface area contributed by atoms with Crippen LogP contribution >= 0.6 is 11.6 Å². The minimum Gasteiger partial charge on any atom is -0.298 e. The summed E-state index contributed by atoms with van der Waals surface area (Å²) >= 11 is 5.32. The Morgan fingerprint density at radius 2 is 2.10 bits per heavy atom. The molecule has 0 spiro atoms. The highest BCUT2D eigenvalue weighted by Gasteiger charge is 1.99. The first kappa shape index (κ1) is 9.96. The van der Waals surface area contributed by atoms with Gasteiger partial charge in [-0.1, -0.05) is 20.3 Å². The van der Waals surface area contributed by atoms with Gasteiger partial charge in [0.1, 0.15) is 5.78 Å². The van der Waals surface area contributed by atoms with Crippen LogP contribution in [0.15, 0.2) is 0 Å². The van der Waals surface area contributed by atoms with E-state index < -0.39 is 0 Å². The number of rotatable bonds is 5. The van der Waals surface area contributed by atoms with Gasteiger partial charge in [-0.2, -0.15) is 0 Å². The smallest absolute Gasteiger partial charge is 0.147 e. The van der Waals surface area contributed by atoms with Crippen LogP contribution in [0.3, 0.4) is 0 Å². The Morgan fingerprint density at radius 1 is 1.50 bits per heavy atom. The van der Waals surface area contributed by atoms with Crippen molar-refractivity contribution in [2.24, 2.45) is 5.92 Å². The van der Waals surface area contributed by atoms with Gasteiger partial charge in [-0.3, -0.25) is 4.79 Å². The molecular formula is C8H15ClO. The lowest BCUT2D eigenvalue weighted by Crippen LogP contribution is -1.99. The van der Waals surface area contributed by atoms with E-state index in [0.717, 1.165) is 12.8 Å². The van der Waals surface area contributed by atoms with E-state index in [1.807, 2.05) is 0 Å². The summed E-state index contributed by atoms with van der Waals surface area (Å²) in [7, 11) is 0. The van der Waals surface area contributed by atoms with Gasteiger partial charge in [-0.15, -0.1) is 11.6 Å². The van der Waals surface area contributed by atoms with E-state index >= 15 is 0 Å². The van der Waals surface area contributed by atoms with Crippen molar-refractivity contribution < 1.29 is 4.79 Å². The highest BCUT2D eigenvalue weighted by molar-refractivity contribution is 6.27. The first-order chi connectivity index (χ1) is 4.66. The predicted octanol–water partition coefficient (Wildman–Crippen LogP) is 2.62. The Kier molecular flexibility index (Phi) is 5.70. The summed E-state index contributed by atoms with van der Waals surface area (Å²) in [6.07, 6.45) is 2.77. The number of hydrogen-bond acceptors (Lipinski definition) is 1. The molecule has 0 N–H and O–H groups in total. The molecule has 60 valence electrons. The van der Waals surface area contributed by atoms with Crippen molar-refractivity contribution in [2.75, 3.05) is 5.88 Å². The third kappa shape index (κ3) is 6.09. The molecule has 0 aliphatic rings. The largest absolute Gasteiger partial charge is 0.298 e. The zero-order valence-electron chi connectivity index (χ0n) is 6.69. The highest BCUT2D eigenvalue weighted by atomic mass is 35.5. The van der Waals surface area contributed by atoms with E-state index in [1.165, 1.54) is 0 Å². The molecule has 0 aliphatic heterocycles. The van der Waals surface area contributed by atoms with Crippen LogP contribution in [0.25, 0.3) is 0 Å². The van der Waals surface area contributed by atoms with Crippen LogP contribution in [0, 0.1) is 5.92 Å². The van der Waals surface area contributed by atoms with Crippen LogP contribution in [-0.4, -0.2) is 11.7 Å². The highest BCUT2D eigenvalue weighted by Crippen LogP contribution is 2.06. The standard InChI is InChI=1S/C8H15ClO/c1-7(2)4-3-5-8(10)6-9/h7H,3-6H2,1-2H3. The number of halogens is 1. The second-order valence-corrected chi connectivity index (χ2v) is 3.23. The summed E-state index contributed by atoms with van der Waals surface area (Å²) < 4.78 is 0. The van der Waals surface area contributed by atoms with Crippen LogP contribution in [0.4, 0.5) is 0 Å². The third-order valence-corrected chi connectivity index (χ3v) is 1.68. The first-order valence-corrected chi connectivity index (χ1v) is 4.28. The van der Waals surface area contributed by atoms with Gasteiger partial charge in [0.2, 0.25) is 0 Å². The summed E-state index contributed by atoms with van der Waals surface area (Å²) in [4.78, 5) is 10.7. The van der Waals surface area contributed by atoms with E-state index in [0.29, 0.717) is 12.3 Å². The molecule has 0 saturated heterocycles. The quantitative estimate of drug-likeness (QED) is 0.568. The molecular weight excluding hydrogens is 148 g/mol. The van der Waals surface area contributed by atoms with Crippen LogP contribution < -0.4 is 0 Å². The Bertz CT molecular complexity index is 99.4. The molecule has 0 aromatic heterocycles. The first-order valence-electron chi connectivity index (χ1n) is 3.74. The SMILES string of the molecule is CC(C)CCCC(=O)CCl. The molecule has 0 heterocycles. The van der Waals surface area contributed by atoms with Gasteiger partial charge < -0.3 is 0 Å². The summed E-state index contributed by atoms with van der Waals surface area (Å²) in [6.45, 7) is 4.32. The average molecular weight is 163 g/mol. The fourth-order valence-corrected chi connectivity index (χ4v) is 0.908. The van der Waals surface area contributed by atoms with Gasteiger partial charge in [-0.25, -0.2) is 0 Å². The number of carbonyl (C=O) groups is 1. The zero-order chi connectivity index (χ0) is 7.98. The molecule has 0 atom stereocenters. The molecule has 0 saturated carbocycles. The van der Waals surface area contributed by atoms with Crippen LogP contribution in [0.2, 0.25) is 0 Å². The fourth-order valence-electron chi connectivity index (χ4n) is 0.774. The summed E-state index contributed by atoms with van der Waals surface area (Å²) in [6, 6.07) is 0. The lowest BCUT2D eigenvalue weighted by atomic mass is 10.1. The molecule has 0 amide bonds. The maximum absolute atomic E-state index is 10.7. The molecule has 0 radical (unpaired) electrons. The number of carbonyl (C=O) groups excluding carboxylic acids is 1. The molecule has 1 nitrogen and oxygen atoms in total. The fraction of sp³-hybridized carbons (Fsp3) is 0.875. The van der Waals surface area contributed by atoms with E-state index in [2.05, 4.69) is 13.8 Å². The average Bonchev–Trinajstić information content (AvgIpc) is 1.87. The van der Waals surface area contributed by atoms with E-state index in [-0.39, 0.29) is 11.7 Å². The molecule has 0 unspecified atom stereocenters. The van der Waals surface area contributed by atoms with Gasteiger partial charge >= 0.3 is 0 Å². The Morgan fingerprint density at radius 3 is 2.50 bits per heavy atom. The number of Topliss-reactive ketones (excluding diaryl/α,β-unsaturated/α-hetero) is 1.